The zero-order chi connectivity index (χ0) is 19.0. The number of halogens is 4. The molecule has 0 spiro atoms. The van der Waals surface area contributed by atoms with Crippen LogP contribution < -0.4 is 0 Å². The Bertz CT molecular complexity index is 933. The zero-order valence-electron chi connectivity index (χ0n) is 14.2. The molecule has 4 nitrogen and oxygen atoms in total. The topological polar surface area (TPSA) is 34.0 Å². The smallest absolute Gasteiger partial charge is 0.309 e. The lowest BCUT2D eigenvalue weighted by atomic mass is 10.1. The summed E-state index contributed by atoms with van der Waals surface area (Å²) < 4.78 is 40.1. The average molecular weight is 393 g/mol. The van der Waals surface area contributed by atoms with Crippen LogP contribution in [0.3, 0.4) is 0 Å². The van der Waals surface area contributed by atoms with Gasteiger partial charge in [-0.05, 0) is 42.0 Å². The van der Waals surface area contributed by atoms with Crippen molar-refractivity contribution in [3.63, 3.8) is 0 Å². The van der Waals surface area contributed by atoms with Crippen LogP contribution in [0.4, 0.5) is 13.2 Å². The maximum absolute atomic E-state index is 12.7. The third kappa shape index (κ3) is 3.84. The Balaban J connectivity index is 1.47. The summed E-state index contributed by atoms with van der Waals surface area (Å²) in [6.07, 6.45) is -4.31. The van der Waals surface area contributed by atoms with Crippen LogP contribution in [0.2, 0.25) is 5.02 Å². The predicted molar refractivity (Wildman–Crippen MR) is 96.0 cm³/mol. The first-order valence-electron chi connectivity index (χ1n) is 8.47. The fourth-order valence-electron chi connectivity index (χ4n) is 3.21. The minimum absolute atomic E-state index is 0.571. The molecule has 0 amide bonds. The molecule has 2 aromatic carbocycles. The van der Waals surface area contributed by atoms with E-state index in [0.29, 0.717) is 18.1 Å². The number of fused-ring (bicyclic) bond motifs is 1. The first-order valence-corrected chi connectivity index (χ1v) is 8.84. The van der Waals surface area contributed by atoms with Crippen molar-refractivity contribution in [1.29, 1.82) is 0 Å². The van der Waals surface area contributed by atoms with Crippen molar-refractivity contribution in [3.8, 4) is 11.4 Å². The highest BCUT2D eigenvalue weighted by Crippen LogP contribution is 2.29. The molecule has 0 N–H and O–H groups in total. The van der Waals surface area contributed by atoms with Crippen LogP contribution in [0.5, 0.6) is 0 Å². The zero-order valence-corrected chi connectivity index (χ0v) is 15.0. The summed E-state index contributed by atoms with van der Waals surface area (Å²) in [5, 5.41) is 9.25. The summed E-state index contributed by atoms with van der Waals surface area (Å²) in [6, 6.07) is 12.8. The molecule has 0 saturated heterocycles. The van der Waals surface area contributed by atoms with E-state index in [4.69, 9.17) is 11.6 Å². The lowest BCUT2D eigenvalue weighted by Gasteiger charge is -2.27. The van der Waals surface area contributed by atoms with Crippen molar-refractivity contribution in [2.75, 3.05) is 6.54 Å². The molecule has 0 unspecified atom stereocenters. The Kier molecular flexibility index (Phi) is 4.65. The molecule has 0 fully saturated rings. The van der Waals surface area contributed by atoms with Crippen molar-refractivity contribution in [2.45, 2.75) is 25.8 Å². The second kappa shape index (κ2) is 6.98. The van der Waals surface area contributed by atoms with E-state index in [2.05, 4.69) is 19.7 Å². The van der Waals surface area contributed by atoms with Gasteiger partial charge in [-0.2, -0.15) is 13.2 Å². The van der Waals surface area contributed by atoms with Crippen molar-refractivity contribution in [3.05, 3.63) is 70.5 Å². The Morgan fingerprint density at radius 3 is 2.30 bits per heavy atom. The lowest BCUT2D eigenvalue weighted by Crippen LogP contribution is -2.33. The molecule has 0 radical (unpaired) electrons. The number of benzene rings is 2. The lowest BCUT2D eigenvalue weighted by molar-refractivity contribution is -0.137. The highest BCUT2D eigenvalue weighted by atomic mass is 35.5. The summed E-state index contributed by atoms with van der Waals surface area (Å²) in [7, 11) is 0. The Hall–Kier alpha value is -2.38. The molecule has 0 atom stereocenters. The number of alkyl halides is 3. The Morgan fingerprint density at radius 1 is 0.926 bits per heavy atom. The Labute approximate surface area is 159 Å². The van der Waals surface area contributed by atoms with Crippen LogP contribution in [0.15, 0.2) is 48.5 Å². The standard InChI is InChI=1S/C19H16ClF3N4/c20-16-7-3-14(4-8-16)18-25-24-17-12-26(9-10-27(17)18)11-13-1-5-15(6-2-13)19(21,22)23/h1-8H,9-12H2. The summed E-state index contributed by atoms with van der Waals surface area (Å²) in [4.78, 5) is 2.15. The molecule has 3 aromatic rings. The first kappa shape index (κ1) is 18.0. The van der Waals surface area contributed by atoms with Gasteiger partial charge in [0.2, 0.25) is 0 Å². The van der Waals surface area contributed by atoms with Crippen LogP contribution in [0.25, 0.3) is 11.4 Å². The van der Waals surface area contributed by atoms with Crippen molar-refractivity contribution in [2.24, 2.45) is 0 Å². The number of nitrogens with zero attached hydrogens (tertiary/aromatic N) is 4. The minimum atomic E-state index is -4.31. The molecule has 0 bridgehead atoms. The van der Waals surface area contributed by atoms with Gasteiger partial charge in [0.05, 0.1) is 12.1 Å². The quantitative estimate of drug-likeness (QED) is 0.651. The van der Waals surface area contributed by atoms with Gasteiger partial charge in [-0.15, -0.1) is 10.2 Å². The SMILES string of the molecule is FC(F)(F)c1ccc(CN2CCn3c(nnc3-c3ccc(Cl)cc3)C2)cc1. The van der Waals surface area contributed by atoms with Crippen LogP contribution in [-0.4, -0.2) is 26.2 Å². The Morgan fingerprint density at radius 2 is 1.63 bits per heavy atom. The largest absolute Gasteiger partial charge is 0.416 e. The van der Waals surface area contributed by atoms with E-state index in [0.717, 1.165) is 48.0 Å². The first-order chi connectivity index (χ1) is 12.9. The highest BCUT2D eigenvalue weighted by molar-refractivity contribution is 6.30. The highest BCUT2D eigenvalue weighted by Gasteiger charge is 2.30. The van der Waals surface area contributed by atoms with E-state index < -0.39 is 11.7 Å². The second-order valence-corrected chi connectivity index (χ2v) is 6.94. The van der Waals surface area contributed by atoms with Crippen LogP contribution in [0.1, 0.15) is 17.0 Å². The normalized spacial score (nSPS) is 15.0. The number of hydrogen-bond acceptors (Lipinski definition) is 3. The van der Waals surface area contributed by atoms with E-state index in [9.17, 15) is 13.2 Å². The molecule has 140 valence electrons. The minimum Gasteiger partial charge on any atom is -0.309 e. The maximum atomic E-state index is 12.7. The van der Waals surface area contributed by atoms with Crippen molar-refractivity contribution < 1.29 is 13.2 Å². The molecule has 27 heavy (non-hydrogen) atoms. The average Bonchev–Trinajstić information content (AvgIpc) is 3.05. The third-order valence-electron chi connectivity index (χ3n) is 4.62. The summed E-state index contributed by atoms with van der Waals surface area (Å²) >= 11 is 5.94. The third-order valence-corrected chi connectivity index (χ3v) is 4.87. The molecule has 1 aliphatic heterocycles. The van der Waals surface area contributed by atoms with Crippen LogP contribution in [-0.2, 0) is 25.8 Å². The number of aromatic nitrogens is 3. The molecule has 0 aliphatic carbocycles. The molecule has 4 rings (SSSR count). The van der Waals surface area contributed by atoms with E-state index in [1.165, 1.54) is 12.1 Å². The van der Waals surface area contributed by atoms with Gasteiger partial charge in [-0.25, -0.2) is 0 Å². The summed E-state index contributed by atoms with van der Waals surface area (Å²) in [5.74, 6) is 1.65. The van der Waals surface area contributed by atoms with E-state index >= 15 is 0 Å². The van der Waals surface area contributed by atoms with Crippen molar-refractivity contribution in [1.82, 2.24) is 19.7 Å². The number of rotatable bonds is 3. The second-order valence-electron chi connectivity index (χ2n) is 6.50. The molecule has 1 aromatic heterocycles. The predicted octanol–water partition coefficient (Wildman–Crippen LogP) is 4.63. The van der Waals surface area contributed by atoms with E-state index in [1.807, 2.05) is 24.3 Å². The van der Waals surface area contributed by atoms with Gasteiger partial charge in [0.25, 0.3) is 0 Å². The van der Waals surface area contributed by atoms with Gasteiger partial charge in [0, 0.05) is 30.2 Å². The van der Waals surface area contributed by atoms with Crippen LogP contribution in [0, 0.1) is 0 Å². The van der Waals surface area contributed by atoms with Crippen molar-refractivity contribution >= 4 is 11.6 Å². The summed E-state index contributed by atoms with van der Waals surface area (Å²) in [5.41, 5.74) is 1.17. The number of hydrogen-bond donors (Lipinski definition) is 0. The molecule has 1 aliphatic rings. The van der Waals surface area contributed by atoms with Gasteiger partial charge in [0.1, 0.15) is 5.82 Å². The molecule has 0 saturated carbocycles. The fraction of sp³-hybridized carbons (Fsp3) is 0.263. The van der Waals surface area contributed by atoms with Gasteiger partial charge in [-0.3, -0.25) is 4.90 Å². The molecular weight excluding hydrogens is 377 g/mol. The van der Waals surface area contributed by atoms with Gasteiger partial charge in [-0.1, -0.05) is 23.7 Å². The monoisotopic (exact) mass is 392 g/mol. The maximum Gasteiger partial charge on any atom is 0.416 e. The van der Waals surface area contributed by atoms with E-state index in [1.54, 1.807) is 0 Å². The summed E-state index contributed by atoms with van der Waals surface area (Å²) in [6.45, 7) is 2.66. The van der Waals surface area contributed by atoms with Gasteiger partial charge >= 0.3 is 6.18 Å². The molecular formula is C19H16ClF3N4. The van der Waals surface area contributed by atoms with Gasteiger partial charge in [0.15, 0.2) is 5.82 Å². The molecule has 2 heterocycles. The van der Waals surface area contributed by atoms with E-state index in [-0.39, 0.29) is 0 Å². The molecule has 8 heteroatoms. The fourth-order valence-corrected chi connectivity index (χ4v) is 3.34. The van der Waals surface area contributed by atoms with Gasteiger partial charge < -0.3 is 4.57 Å². The van der Waals surface area contributed by atoms with Crippen LogP contribution >= 0.6 is 11.6 Å².